The number of piperidine rings is 1. The van der Waals surface area contributed by atoms with E-state index >= 15 is 0 Å². The molecule has 2 heterocycles. The van der Waals surface area contributed by atoms with Crippen LogP contribution in [0.2, 0.25) is 0 Å². The van der Waals surface area contributed by atoms with Gasteiger partial charge in [0.25, 0.3) is 0 Å². The highest BCUT2D eigenvalue weighted by atomic mass is 32.2. The van der Waals surface area contributed by atoms with E-state index in [4.69, 9.17) is 4.74 Å². The molecule has 0 aromatic rings. The lowest BCUT2D eigenvalue weighted by atomic mass is 9.91. The third-order valence-corrected chi connectivity index (χ3v) is 6.32. The van der Waals surface area contributed by atoms with Crippen molar-refractivity contribution < 1.29 is 13.2 Å². The van der Waals surface area contributed by atoms with E-state index < -0.39 is 10.0 Å². The molecule has 5 nitrogen and oxygen atoms in total. The summed E-state index contributed by atoms with van der Waals surface area (Å²) in [5.74, 6) is 0.575. The summed E-state index contributed by atoms with van der Waals surface area (Å²) < 4.78 is 32.0. The molecule has 0 spiro atoms. The average Bonchev–Trinajstić information content (AvgIpc) is 2.89. The van der Waals surface area contributed by atoms with Crippen molar-refractivity contribution in [1.82, 2.24) is 9.62 Å². The van der Waals surface area contributed by atoms with Crippen molar-refractivity contribution >= 4 is 10.0 Å². The summed E-state index contributed by atoms with van der Waals surface area (Å²) in [6, 6.07) is 0.444. The van der Waals surface area contributed by atoms with Crippen LogP contribution in [0.25, 0.3) is 0 Å². The van der Waals surface area contributed by atoms with Crippen LogP contribution in [0.15, 0.2) is 0 Å². The number of hydrogen-bond acceptors (Lipinski definition) is 4. The normalized spacial score (nSPS) is 33.7. The monoisotopic (exact) mass is 290 g/mol. The molecule has 3 unspecified atom stereocenters. The van der Waals surface area contributed by atoms with E-state index in [0.717, 1.165) is 25.7 Å². The van der Waals surface area contributed by atoms with Crippen molar-refractivity contribution in [2.24, 2.45) is 5.92 Å². The zero-order valence-corrected chi connectivity index (χ0v) is 12.8. The second-order valence-corrected chi connectivity index (χ2v) is 7.64. The minimum Gasteiger partial charge on any atom is -0.377 e. The molecule has 2 aliphatic heterocycles. The van der Waals surface area contributed by atoms with E-state index in [-0.39, 0.29) is 11.9 Å². The van der Waals surface area contributed by atoms with Crippen molar-refractivity contribution in [2.75, 3.05) is 32.5 Å². The van der Waals surface area contributed by atoms with Crippen molar-refractivity contribution in [2.45, 2.75) is 44.8 Å². The van der Waals surface area contributed by atoms with E-state index in [9.17, 15) is 8.42 Å². The van der Waals surface area contributed by atoms with Gasteiger partial charge in [-0.25, -0.2) is 12.7 Å². The first-order chi connectivity index (χ1) is 9.06. The summed E-state index contributed by atoms with van der Waals surface area (Å²) in [5, 5.41) is 3.30. The minimum atomic E-state index is -3.16. The first kappa shape index (κ1) is 15.2. The number of ether oxygens (including phenoxy) is 1. The highest BCUT2D eigenvalue weighted by Gasteiger charge is 2.35. The van der Waals surface area contributed by atoms with E-state index in [1.807, 2.05) is 7.05 Å². The Balaban J connectivity index is 1.96. The first-order valence-corrected chi connectivity index (χ1v) is 8.94. The molecule has 2 fully saturated rings. The Morgan fingerprint density at radius 1 is 1.37 bits per heavy atom. The maximum atomic E-state index is 12.4. The molecule has 6 heteroatoms. The second kappa shape index (κ2) is 6.52. The van der Waals surface area contributed by atoms with Crippen molar-refractivity contribution in [3.05, 3.63) is 0 Å². The Bertz CT molecular complexity index is 379. The van der Waals surface area contributed by atoms with Gasteiger partial charge in [-0.3, -0.25) is 0 Å². The Morgan fingerprint density at radius 3 is 2.74 bits per heavy atom. The molecular weight excluding hydrogens is 264 g/mol. The molecule has 0 aromatic carbocycles. The van der Waals surface area contributed by atoms with Crippen LogP contribution in [0.1, 0.15) is 32.6 Å². The van der Waals surface area contributed by atoms with Gasteiger partial charge in [0.2, 0.25) is 10.0 Å². The number of nitrogens with one attached hydrogen (secondary N) is 1. The molecule has 2 rings (SSSR count). The van der Waals surface area contributed by atoms with Crippen molar-refractivity contribution in [3.8, 4) is 0 Å². The van der Waals surface area contributed by atoms with E-state index in [1.54, 1.807) is 4.31 Å². The summed E-state index contributed by atoms with van der Waals surface area (Å²) >= 11 is 0. The molecule has 0 bridgehead atoms. The van der Waals surface area contributed by atoms with Gasteiger partial charge in [-0.2, -0.15) is 0 Å². The summed E-state index contributed by atoms with van der Waals surface area (Å²) in [4.78, 5) is 0. The third kappa shape index (κ3) is 3.68. The summed E-state index contributed by atoms with van der Waals surface area (Å²) in [5.41, 5.74) is 0. The largest absolute Gasteiger partial charge is 0.377 e. The highest BCUT2D eigenvalue weighted by molar-refractivity contribution is 7.89. The van der Waals surface area contributed by atoms with Gasteiger partial charge in [-0.15, -0.1) is 0 Å². The lowest BCUT2D eigenvalue weighted by molar-refractivity contribution is 0.125. The molecule has 1 N–H and O–H groups in total. The second-order valence-electron chi connectivity index (χ2n) is 5.62. The van der Waals surface area contributed by atoms with Gasteiger partial charge in [0.15, 0.2) is 0 Å². The van der Waals surface area contributed by atoms with Gasteiger partial charge < -0.3 is 10.1 Å². The number of nitrogens with zero attached hydrogens (tertiary/aromatic N) is 1. The molecule has 2 saturated heterocycles. The fourth-order valence-corrected chi connectivity index (χ4v) is 4.91. The van der Waals surface area contributed by atoms with Gasteiger partial charge in [-0.05, 0) is 32.2 Å². The zero-order chi connectivity index (χ0) is 13.9. The molecular formula is C13H26N2O3S. The average molecular weight is 290 g/mol. The van der Waals surface area contributed by atoms with Crippen LogP contribution in [0.3, 0.4) is 0 Å². The van der Waals surface area contributed by atoms with Crippen LogP contribution in [0.4, 0.5) is 0 Å². The van der Waals surface area contributed by atoms with Crippen LogP contribution in [0.5, 0.6) is 0 Å². The first-order valence-electron chi connectivity index (χ1n) is 7.33. The number of rotatable bonds is 5. The predicted molar refractivity (Wildman–Crippen MR) is 75.6 cm³/mol. The van der Waals surface area contributed by atoms with Gasteiger partial charge in [0.1, 0.15) is 0 Å². The quantitative estimate of drug-likeness (QED) is 0.814. The Morgan fingerprint density at radius 2 is 2.16 bits per heavy atom. The van der Waals surface area contributed by atoms with E-state index in [1.165, 1.54) is 0 Å². The lowest BCUT2D eigenvalue weighted by Gasteiger charge is -2.37. The van der Waals surface area contributed by atoms with Crippen LogP contribution >= 0.6 is 0 Å². The smallest absolute Gasteiger partial charge is 0.216 e. The standard InChI is InChI=1S/C13H26N2O3S/c1-3-11-9-15(7-6-13(11)14-2)19(16,17)10-12-5-4-8-18-12/h11-14H,3-10H2,1-2H3. The molecule has 0 amide bonds. The maximum Gasteiger partial charge on any atom is 0.216 e. The van der Waals surface area contributed by atoms with Crippen molar-refractivity contribution in [3.63, 3.8) is 0 Å². The lowest BCUT2D eigenvalue weighted by Crippen LogP contribution is -2.51. The third-order valence-electron chi connectivity index (χ3n) is 4.41. The highest BCUT2D eigenvalue weighted by Crippen LogP contribution is 2.24. The topological polar surface area (TPSA) is 58.6 Å². The fraction of sp³-hybridized carbons (Fsp3) is 1.00. The molecule has 19 heavy (non-hydrogen) atoms. The van der Waals surface area contributed by atoms with Crippen LogP contribution in [0, 0.1) is 5.92 Å². The van der Waals surface area contributed by atoms with Gasteiger partial charge in [0.05, 0.1) is 11.9 Å². The summed E-state index contributed by atoms with van der Waals surface area (Å²) in [6.07, 6.45) is 3.69. The SMILES string of the molecule is CCC1CN(S(=O)(=O)CC2CCCO2)CCC1NC. The van der Waals surface area contributed by atoms with Crippen LogP contribution in [-0.2, 0) is 14.8 Å². The number of hydrogen-bond donors (Lipinski definition) is 1. The van der Waals surface area contributed by atoms with Gasteiger partial charge >= 0.3 is 0 Å². The molecule has 0 saturated carbocycles. The molecule has 0 radical (unpaired) electrons. The van der Waals surface area contributed by atoms with Crippen LogP contribution in [-0.4, -0.2) is 57.4 Å². The summed E-state index contributed by atoms with van der Waals surface area (Å²) in [7, 11) is -1.20. The minimum absolute atomic E-state index is 0.0906. The number of sulfonamides is 1. The molecule has 3 atom stereocenters. The van der Waals surface area contributed by atoms with E-state index in [2.05, 4.69) is 12.2 Å². The fourth-order valence-electron chi connectivity index (χ4n) is 3.16. The molecule has 2 aliphatic rings. The Hall–Kier alpha value is -0.170. The zero-order valence-electron chi connectivity index (χ0n) is 12.0. The van der Waals surface area contributed by atoms with E-state index in [0.29, 0.717) is 31.7 Å². The molecule has 0 aliphatic carbocycles. The molecule has 112 valence electrons. The maximum absolute atomic E-state index is 12.4. The summed E-state index contributed by atoms with van der Waals surface area (Å²) in [6.45, 7) is 4.12. The van der Waals surface area contributed by atoms with Gasteiger partial charge in [0, 0.05) is 25.7 Å². The van der Waals surface area contributed by atoms with Crippen LogP contribution < -0.4 is 5.32 Å². The van der Waals surface area contributed by atoms with Crippen molar-refractivity contribution in [1.29, 1.82) is 0 Å². The Kier molecular flexibility index (Phi) is 5.22. The Labute approximate surface area is 116 Å². The van der Waals surface area contributed by atoms with Gasteiger partial charge in [-0.1, -0.05) is 13.3 Å². The molecule has 0 aromatic heterocycles. The predicted octanol–water partition coefficient (Wildman–Crippen LogP) is 0.815.